The van der Waals surface area contributed by atoms with E-state index in [-0.39, 0.29) is 11.2 Å². The van der Waals surface area contributed by atoms with Crippen molar-refractivity contribution in [1.29, 1.82) is 0 Å². The minimum Gasteiger partial charge on any atom is -0.493 e. The molecule has 4 aromatic rings. The second kappa shape index (κ2) is 8.85. The van der Waals surface area contributed by atoms with Crippen molar-refractivity contribution in [2.24, 2.45) is 5.92 Å². The first-order chi connectivity index (χ1) is 16.8. The molecular weight excluding hydrogens is 464 g/mol. The number of aromatic nitrogens is 1. The fourth-order valence-electron chi connectivity index (χ4n) is 4.31. The number of thiazole rings is 1. The predicted octanol–water partition coefficient (Wildman–Crippen LogP) is 5.66. The van der Waals surface area contributed by atoms with Crippen molar-refractivity contribution < 1.29 is 18.7 Å². The molecule has 35 heavy (non-hydrogen) atoms. The molecule has 0 spiro atoms. The van der Waals surface area contributed by atoms with Crippen LogP contribution in [-0.2, 0) is 0 Å². The Balaban J connectivity index is 1.73. The summed E-state index contributed by atoms with van der Waals surface area (Å²) >= 11 is 1.33. The van der Waals surface area contributed by atoms with E-state index >= 15 is 0 Å². The minimum atomic E-state index is -0.709. The Labute approximate surface area is 206 Å². The van der Waals surface area contributed by atoms with E-state index < -0.39 is 11.9 Å². The molecule has 5 rings (SSSR count). The van der Waals surface area contributed by atoms with Crippen molar-refractivity contribution in [3.63, 3.8) is 0 Å². The molecule has 7 nitrogen and oxygen atoms in total. The van der Waals surface area contributed by atoms with Gasteiger partial charge in [-0.2, -0.15) is 0 Å². The first kappa shape index (κ1) is 23.1. The third-order valence-electron chi connectivity index (χ3n) is 6.19. The highest BCUT2D eigenvalue weighted by Crippen LogP contribution is 2.43. The van der Waals surface area contributed by atoms with Crippen LogP contribution >= 0.6 is 11.3 Å². The smallest absolute Gasteiger partial charge is 0.297 e. The van der Waals surface area contributed by atoms with Gasteiger partial charge in [0.15, 0.2) is 22.1 Å². The van der Waals surface area contributed by atoms with Crippen LogP contribution in [0.2, 0.25) is 0 Å². The average molecular weight is 491 g/mol. The molecule has 0 fully saturated rings. The summed E-state index contributed by atoms with van der Waals surface area (Å²) in [4.78, 5) is 33.3. The number of nitrogens with zero attached hydrogens (tertiary/aromatic N) is 2. The van der Waals surface area contributed by atoms with E-state index in [0.717, 1.165) is 11.1 Å². The van der Waals surface area contributed by atoms with E-state index in [0.29, 0.717) is 51.3 Å². The summed E-state index contributed by atoms with van der Waals surface area (Å²) in [5.41, 5.74) is 3.16. The van der Waals surface area contributed by atoms with Crippen LogP contribution in [0.25, 0.3) is 11.0 Å². The predicted molar refractivity (Wildman–Crippen MR) is 136 cm³/mol. The second-order valence-electron chi connectivity index (χ2n) is 9.11. The number of hydrogen-bond donors (Lipinski definition) is 0. The van der Waals surface area contributed by atoms with Gasteiger partial charge in [-0.3, -0.25) is 14.5 Å². The van der Waals surface area contributed by atoms with Crippen molar-refractivity contribution in [2.75, 3.05) is 18.6 Å². The van der Waals surface area contributed by atoms with E-state index in [2.05, 4.69) is 18.8 Å². The lowest BCUT2D eigenvalue weighted by atomic mass is 9.97. The van der Waals surface area contributed by atoms with Gasteiger partial charge in [0.05, 0.1) is 30.7 Å². The minimum absolute atomic E-state index is 0.0463. The third-order valence-corrected chi connectivity index (χ3v) is 6.96. The first-order valence-electron chi connectivity index (χ1n) is 11.4. The van der Waals surface area contributed by atoms with Crippen molar-refractivity contribution in [1.82, 2.24) is 4.98 Å². The molecule has 1 amide bonds. The van der Waals surface area contributed by atoms with Gasteiger partial charge in [0.2, 0.25) is 5.76 Å². The number of anilines is 1. The first-order valence-corrected chi connectivity index (χ1v) is 12.3. The number of carbonyl (C=O) groups is 1. The lowest BCUT2D eigenvalue weighted by Crippen LogP contribution is -2.29. The highest BCUT2D eigenvalue weighted by Gasteiger charge is 2.45. The lowest BCUT2D eigenvalue weighted by Gasteiger charge is -2.23. The molecule has 1 aliphatic heterocycles. The Morgan fingerprint density at radius 2 is 1.89 bits per heavy atom. The van der Waals surface area contributed by atoms with Gasteiger partial charge < -0.3 is 13.9 Å². The molecule has 1 aliphatic rings. The number of amides is 1. The molecule has 8 heteroatoms. The summed E-state index contributed by atoms with van der Waals surface area (Å²) in [6, 6.07) is 8.41. The molecule has 1 atom stereocenters. The molecule has 0 aliphatic carbocycles. The van der Waals surface area contributed by atoms with E-state index in [1.807, 2.05) is 44.2 Å². The zero-order chi connectivity index (χ0) is 24.9. The summed E-state index contributed by atoms with van der Waals surface area (Å²) in [6.07, 6.45) is 1.63. The summed E-state index contributed by atoms with van der Waals surface area (Å²) in [7, 11) is 1.57. The van der Waals surface area contributed by atoms with Gasteiger partial charge in [0.25, 0.3) is 5.91 Å². The van der Waals surface area contributed by atoms with Crippen molar-refractivity contribution in [3.8, 4) is 11.5 Å². The van der Waals surface area contributed by atoms with Gasteiger partial charge in [-0.1, -0.05) is 19.9 Å². The number of carbonyl (C=O) groups excluding carboxylic acids is 1. The Kier molecular flexibility index (Phi) is 5.84. The van der Waals surface area contributed by atoms with Crippen LogP contribution in [0.15, 0.2) is 51.1 Å². The van der Waals surface area contributed by atoms with Crippen LogP contribution in [-0.4, -0.2) is 24.6 Å². The van der Waals surface area contributed by atoms with E-state index in [9.17, 15) is 9.59 Å². The van der Waals surface area contributed by atoms with Gasteiger partial charge in [0.1, 0.15) is 5.58 Å². The fraction of sp³-hybridized carbons (Fsp3) is 0.296. The SMILES string of the molecule is COc1cc(C2c3c(oc4cc(C)c(C)cc4c3=O)C(=O)N2c2nccs2)ccc1OCC(C)C. The Bertz CT molecular complexity index is 1490. The third kappa shape index (κ3) is 3.87. The molecule has 2 aromatic heterocycles. The maximum Gasteiger partial charge on any atom is 0.297 e. The van der Waals surface area contributed by atoms with Crippen LogP contribution in [0, 0.1) is 19.8 Å². The quantitative estimate of drug-likeness (QED) is 0.347. The summed E-state index contributed by atoms with van der Waals surface area (Å²) in [5.74, 6) is 1.14. The van der Waals surface area contributed by atoms with Crippen molar-refractivity contribution >= 4 is 33.3 Å². The number of benzene rings is 2. The summed E-state index contributed by atoms with van der Waals surface area (Å²) in [6.45, 7) is 8.58. The number of rotatable bonds is 6. The molecule has 0 radical (unpaired) electrons. The maximum absolute atomic E-state index is 13.8. The van der Waals surface area contributed by atoms with Gasteiger partial charge in [-0.15, -0.1) is 11.3 Å². The topological polar surface area (TPSA) is 81.9 Å². The molecule has 180 valence electrons. The Morgan fingerprint density at radius 3 is 2.57 bits per heavy atom. The van der Waals surface area contributed by atoms with Crippen LogP contribution in [0.1, 0.15) is 52.7 Å². The highest BCUT2D eigenvalue weighted by atomic mass is 32.1. The summed E-state index contributed by atoms with van der Waals surface area (Å²) < 4.78 is 17.6. The normalized spacial score (nSPS) is 15.2. The Morgan fingerprint density at radius 1 is 1.11 bits per heavy atom. The summed E-state index contributed by atoms with van der Waals surface area (Å²) in [5, 5.41) is 2.74. The number of methoxy groups -OCH3 is 1. The molecule has 3 heterocycles. The zero-order valence-electron chi connectivity index (χ0n) is 20.2. The van der Waals surface area contributed by atoms with E-state index in [1.54, 1.807) is 18.7 Å². The van der Waals surface area contributed by atoms with Gasteiger partial charge in [-0.25, -0.2) is 4.98 Å². The number of hydrogen-bond acceptors (Lipinski definition) is 7. The second-order valence-corrected chi connectivity index (χ2v) is 9.99. The van der Waals surface area contributed by atoms with Gasteiger partial charge in [-0.05, 0) is 60.7 Å². The number of ether oxygens (including phenoxy) is 2. The molecule has 0 bridgehead atoms. The van der Waals surface area contributed by atoms with Crippen LogP contribution in [0.4, 0.5) is 5.13 Å². The van der Waals surface area contributed by atoms with Crippen LogP contribution in [0.5, 0.6) is 11.5 Å². The maximum atomic E-state index is 13.8. The molecule has 0 saturated carbocycles. The van der Waals surface area contributed by atoms with Crippen LogP contribution in [0.3, 0.4) is 0 Å². The molecule has 1 unspecified atom stereocenters. The highest BCUT2D eigenvalue weighted by molar-refractivity contribution is 7.13. The fourth-order valence-corrected chi connectivity index (χ4v) is 4.97. The van der Waals surface area contributed by atoms with Crippen molar-refractivity contribution in [3.05, 3.63) is 80.1 Å². The number of aryl methyl sites for hydroxylation is 2. The van der Waals surface area contributed by atoms with Gasteiger partial charge >= 0.3 is 0 Å². The molecule has 0 saturated heterocycles. The number of fused-ring (bicyclic) bond motifs is 2. The molecular formula is C27H26N2O5S. The van der Waals surface area contributed by atoms with E-state index in [4.69, 9.17) is 13.9 Å². The lowest BCUT2D eigenvalue weighted by molar-refractivity contribution is 0.0971. The Hall–Kier alpha value is -3.65. The average Bonchev–Trinajstić information content (AvgIpc) is 3.46. The standard InChI is InChI=1S/C27H26N2O5S/c1-14(2)13-33-19-7-6-17(12-21(19)32-5)23-22-24(30)18-10-15(3)16(4)11-20(18)34-25(22)26(31)29(23)27-28-8-9-35-27/h6-12,14,23H,13H2,1-5H3. The zero-order valence-corrected chi connectivity index (χ0v) is 21.1. The van der Waals surface area contributed by atoms with Crippen LogP contribution < -0.4 is 19.8 Å². The van der Waals surface area contributed by atoms with Gasteiger partial charge in [0, 0.05) is 11.6 Å². The molecule has 2 aromatic carbocycles. The van der Waals surface area contributed by atoms with Crippen molar-refractivity contribution in [2.45, 2.75) is 33.7 Å². The monoisotopic (exact) mass is 490 g/mol. The molecule has 0 N–H and O–H groups in total. The van der Waals surface area contributed by atoms with E-state index in [1.165, 1.54) is 16.2 Å². The largest absolute Gasteiger partial charge is 0.493 e.